The summed E-state index contributed by atoms with van der Waals surface area (Å²) in [6.45, 7) is 2.92. The van der Waals surface area contributed by atoms with E-state index in [9.17, 15) is 9.59 Å². The molecule has 3 heterocycles. The van der Waals surface area contributed by atoms with Crippen molar-refractivity contribution in [3.05, 3.63) is 40.4 Å². The molecule has 3 amide bonds. The van der Waals surface area contributed by atoms with Gasteiger partial charge in [0.25, 0.3) is 5.91 Å². The summed E-state index contributed by atoms with van der Waals surface area (Å²) in [5.74, 6) is -0.490. The molecule has 7 N–H and O–H groups in total. The highest BCUT2D eigenvalue weighted by molar-refractivity contribution is 8.05. The standard InChI is InChI=1S/C19H26N6O2S/c20-14-4-2-1-3-13(14)19(17(21)26)24-15-7-10-25(11-16(15)28-19)18(27)23-12-5-8-22-9-6-12/h1-4,12,22,24H,5-11,20H2,(H2,21,26)(H,23,27). The lowest BCUT2D eigenvalue weighted by molar-refractivity contribution is -0.121. The van der Waals surface area contributed by atoms with Crippen LogP contribution in [0.4, 0.5) is 10.5 Å². The van der Waals surface area contributed by atoms with E-state index in [1.165, 1.54) is 11.8 Å². The van der Waals surface area contributed by atoms with Crippen molar-refractivity contribution in [3.8, 4) is 0 Å². The lowest BCUT2D eigenvalue weighted by Crippen LogP contribution is -2.50. The Balaban J connectivity index is 1.48. The number of hydrogen-bond acceptors (Lipinski definition) is 6. The van der Waals surface area contributed by atoms with Crippen LogP contribution < -0.4 is 27.4 Å². The first-order valence-electron chi connectivity index (χ1n) is 9.60. The first kappa shape index (κ1) is 18.9. The summed E-state index contributed by atoms with van der Waals surface area (Å²) in [6.07, 6.45) is 2.55. The quantitative estimate of drug-likeness (QED) is 0.472. The second-order valence-corrected chi connectivity index (χ2v) is 8.72. The Morgan fingerprint density at radius 1 is 1.25 bits per heavy atom. The first-order chi connectivity index (χ1) is 13.5. The number of nitrogens with two attached hydrogens (primary N) is 2. The third-order valence-corrected chi connectivity index (χ3v) is 7.00. The zero-order valence-corrected chi connectivity index (χ0v) is 16.5. The minimum absolute atomic E-state index is 0.0464. The number of nitrogens with zero attached hydrogens (tertiary/aromatic N) is 1. The molecule has 0 spiro atoms. The molecule has 1 fully saturated rings. The van der Waals surface area contributed by atoms with Gasteiger partial charge in [0.05, 0.1) is 6.54 Å². The average molecular weight is 403 g/mol. The Hall–Kier alpha value is -2.39. The molecule has 0 bridgehead atoms. The van der Waals surface area contributed by atoms with Gasteiger partial charge in [-0.25, -0.2) is 4.79 Å². The number of thioether (sulfide) groups is 1. The lowest BCUT2D eigenvalue weighted by Gasteiger charge is -2.31. The maximum Gasteiger partial charge on any atom is 0.317 e. The summed E-state index contributed by atoms with van der Waals surface area (Å²) in [5, 5.41) is 9.76. The molecule has 150 valence electrons. The van der Waals surface area contributed by atoms with Crippen molar-refractivity contribution in [2.45, 2.75) is 30.2 Å². The van der Waals surface area contributed by atoms with E-state index >= 15 is 0 Å². The highest BCUT2D eigenvalue weighted by Crippen LogP contribution is 2.49. The van der Waals surface area contributed by atoms with E-state index in [2.05, 4.69) is 16.0 Å². The second-order valence-electron chi connectivity index (χ2n) is 7.41. The second kappa shape index (κ2) is 7.56. The van der Waals surface area contributed by atoms with Crippen molar-refractivity contribution >= 4 is 29.4 Å². The van der Waals surface area contributed by atoms with Crippen molar-refractivity contribution in [1.82, 2.24) is 20.9 Å². The molecule has 9 heteroatoms. The largest absolute Gasteiger partial charge is 0.398 e. The molecule has 3 aliphatic heterocycles. The Labute approximate surface area is 168 Å². The van der Waals surface area contributed by atoms with Crippen LogP contribution >= 0.6 is 11.8 Å². The number of carbonyl (C=O) groups excluding carboxylic acids is 2. The summed E-state index contributed by atoms with van der Waals surface area (Å²) in [5.41, 5.74) is 14.1. The van der Waals surface area contributed by atoms with E-state index in [1.54, 1.807) is 11.0 Å². The molecular weight excluding hydrogens is 376 g/mol. The lowest BCUT2D eigenvalue weighted by atomic mass is 10.0. The van der Waals surface area contributed by atoms with E-state index < -0.39 is 10.8 Å². The van der Waals surface area contributed by atoms with E-state index in [0.717, 1.165) is 36.5 Å². The fraction of sp³-hybridized carbons (Fsp3) is 0.474. The van der Waals surface area contributed by atoms with Crippen LogP contribution in [0.15, 0.2) is 34.9 Å². The van der Waals surface area contributed by atoms with Crippen LogP contribution in [-0.4, -0.2) is 49.1 Å². The smallest absolute Gasteiger partial charge is 0.317 e. The van der Waals surface area contributed by atoms with Gasteiger partial charge in [-0.2, -0.15) is 0 Å². The van der Waals surface area contributed by atoms with Crippen LogP contribution in [0.3, 0.4) is 0 Å². The van der Waals surface area contributed by atoms with Gasteiger partial charge in [-0.05, 0) is 32.0 Å². The zero-order valence-electron chi connectivity index (χ0n) is 15.7. The van der Waals surface area contributed by atoms with Gasteiger partial charge in [-0.15, -0.1) is 0 Å². The van der Waals surface area contributed by atoms with Crippen molar-refractivity contribution < 1.29 is 9.59 Å². The molecule has 0 aliphatic carbocycles. The number of para-hydroxylation sites is 1. The maximum atomic E-state index is 12.7. The summed E-state index contributed by atoms with van der Waals surface area (Å²) < 4.78 is 0. The van der Waals surface area contributed by atoms with Crippen LogP contribution in [0.5, 0.6) is 0 Å². The van der Waals surface area contributed by atoms with Gasteiger partial charge in [0.1, 0.15) is 0 Å². The Kier molecular flexibility index (Phi) is 5.11. The van der Waals surface area contributed by atoms with E-state index in [4.69, 9.17) is 11.5 Å². The minimum Gasteiger partial charge on any atom is -0.398 e. The van der Waals surface area contributed by atoms with Gasteiger partial charge in [-0.1, -0.05) is 30.0 Å². The molecule has 28 heavy (non-hydrogen) atoms. The molecule has 3 aliphatic rings. The van der Waals surface area contributed by atoms with Crippen molar-refractivity contribution in [2.75, 3.05) is 31.9 Å². The van der Waals surface area contributed by atoms with E-state index in [1.807, 2.05) is 18.2 Å². The van der Waals surface area contributed by atoms with Gasteiger partial charge < -0.3 is 32.3 Å². The van der Waals surface area contributed by atoms with Crippen LogP contribution in [0.25, 0.3) is 0 Å². The van der Waals surface area contributed by atoms with Gasteiger partial charge in [0, 0.05) is 40.9 Å². The van der Waals surface area contributed by atoms with Crippen LogP contribution in [-0.2, 0) is 9.67 Å². The molecule has 1 aromatic rings. The molecule has 0 aromatic heterocycles. The van der Waals surface area contributed by atoms with Crippen molar-refractivity contribution in [2.24, 2.45) is 5.73 Å². The maximum absolute atomic E-state index is 12.7. The number of nitrogens with one attached hydrogen (secondary N) is 3. The van der Waals surface area contributed by atoms with Crippen molar-refractivity contribution in [3.63, 3.8) is 0 Å². The zero-order chi connectivity index (χ0) is 19.7. The van der Waals surface area contributed by atoms with E-state index in [-0.39, 0.29) is 12.1 Å². The molecule has 1 atom stereocenters. The number of primary amides is 1. The monoisotopic (exact) mass is 402 g/mol. The molecule has 1 unspecified atom stereocenters. The molecule has 0 radical (unpaired) electrons. The van der Waals surface area contributed by atoms with Gasteiger partial charge >= 0.3 is 6.03 Å². The fourth-order valence-electron chi connectivity index (χ4n) is 3.97. The summed E-state index contributed by atoms with van der Waals surface area (Å²) >= 11 is 1.37. The number of hydrogen-bond donors (Lipinski definition) is 5. The highest BCUT2D eigenvalue weighted by Gasteiger charge is 2.48. The number of urea groups is 1. The molecular formula is C19H26N6O2S. The predicted octanol–water partition coefficient (Wildman–Crippen LogP) is 0.622. The fourth-order valence-corrected chi connectivity index (χ4v) is 5.41. The Bertz CT molecular complexity index is 822. The summed E-state index contributed by atoms with van der Waals surface area (Å²) in [4.78, 5) is 26.8. The highest BCUT2D eigenvalue weighted by atomic mass is 32.2. The number of piperidine rings is 1. The summed E-state index contributed by atoms with van der Waals surface area (Å²) in [7, 11) is 0. The SMILES string of the molecule is NC(=O)C1(c2ccccc2N)NC2=C(CN(C(=O)NC3CCNCC3)CC2)S1. The molecule has 8 nitrogen and oxygen atoms in total. The molecule has 1 saturated heterocycles. The number of benzene rings is 1. The molecule has 1 aromatic carbocycles. The number of rotatable bonds is 3. The van der Waals surface area contributed by atoms with Gasteiger partial charge in [0.15, 0.2) is 4.87 Å². The average Bonchev–Trinajstić information content (AvgIpc) is 3.09. The van der Waals surface area contributed by atoms with Crippen LogP contribution in [0.1, 0.15) is 24.8 Å². The Morgan fingerprint density at radius 3 is 2.71 bits per heavy atom. The normalized spacial score (nSPS) is 25.2. The number of nitrogen functional groups attached to an aromatic ring is 1. The van der Waals surface area contributed by atoms with Crippen LogP contribution in [0, 0.1) is 0 Å². The topological polar surface area (TPSA) is 126 Å². The molecule has 4 rings (SSSR count). The predicted molar refractivity (Wildman–Crippen MR) is 110 cm³/mol. The minimum atomic E-state index is -1.13. The third kappa shape index (κ3) is 3.40. The number of carbonyl (C=O) groups is 2. The first-order valence-corrected chi connectivity index (χ1v) is 10.4. The summed E-state index contributed by atoms with van der Waals surface area (Å²) in [6, 6.07) is 7.42. The molecule has 0 saturated carbocycles. The van der Waals surface area contributed by atoms with Gasteiger partial charge in [-0.3, -0.25) is 4.79 Å². The number of amides is 3. The number of anilines is 1. The Morgan fingerprint density at radius 2 is 2.00 bits per heavy atom. The van der Waals surface area contributed by atoms with Crippen molar-refractivity contribution in [1.29, 1.82) is 0 Å². The van der Waals surface area contributed by atoms with Gasteiger partial charge in [0.2, 0.25) is 0 Å². The van der Waals surface area contributed by atoms with E-state index in [0.29, 0.717) is 30.8 Å². The third-order valence-electron chi connectivity index (χ3n) is 5.55. The van der Waals surface area contributed by atoms with Crippen LogP contribution in [0.2, 0.25) is 0 Å².